The molecule has 2 N–H and O–H groups in total. The number of phenols is 1. The lowest BCUT2D eigenvalue weighted by Gasteiger charge is -2.08. The summed E-state index contributed by atoms with van der Waals surface area (Å²) in [4.78, 5) is 12.1. The molecule has 0 fully saturated rings. The highest BCUT2D eigenvalue weighted by Crippen LogP contribution is 2.19. The molecular weight excluding hydrogens is 310 g/mol. The summed E-state index contributed by atoms with van der Waals surface area (Å²) in [6, 6.07) is 23.5. The lowest BCUT2D eigenvalue weighted by Crippen LogP contribution is -2.24. The van der Waals surface area contributed by atoms with Crippen molar-refractivity contribution in [3.63, 3.8) is 0 Å². The van der Waals surface area contributed by atoms with E-state index in [0.717, 1.165) is 27.8 Å². The monoisotopic (exact) mass is 331 g/mol. The molecule has 0 aliphatic carbocycles. The second kappa shape index (κ2) is 7.67. The maximum Gasteiger partial charge on any atom is 0.224 e. The summed E-state index contributed by atoms with van der Waals surface area (Å²) in [6.07, 6.45) is 0.340. The van der Waals surface area contributed by atoms with Crippen LogP contribution in [0.1, 0.15) is 16.7 Å². The van der Waals surface area contributed by atoms with E-state index in [2.05, 4.69) is 17.4 Å². The smallest absolute Gasteiger partial charge is 0.224 e. The summed E-state index contributed by atoms with van der Waals surface area (Å²) in [5, 5.41) is 12.5. The topological polar surface area (TPSA) is 49.3 Å². The van der Waals surface area contributed by atoms with Gasteiger partial charge in [-0.2, -0.15) is 0 Å². The van der Waals surface area contributed by atoms with Gasteiger partial charge in [0, 0.05) is 6.54 Å². The molecule has 126 valence electrons. The van der Waals surface area contributed by atoms with Gasteiger partial charge in [-0.05, 0) is 46.9 Å². The van der Waals surface area contributed by atoms with Crippen molar-refractivity contribution in [1.29, 1.82) is 0 Å². The van der Waals surface area contributed by atoms with Crippen LogP contribution >= 0.6 is 0 Å². The number of nitrogens with one attached hydrogen (secondary N) is 1. The van der Waals surface area contributed by atoms with Gasteiger partial charge in [-0.3, -0.25) is 4.79 Å². The average Bonchev–Trinajstić information content (AvgIpc) is 2.61. The Labute approximate surface area is 148 Å². The predicted octanol–water partition coefficient (Wildman–Crippen LogP) is 4.23. The molecule has 0 aliphatic rings. The Morgan fingerprint density at radius 1 is 0.880 bits per heavy atom. The molecule has 3 aromatic rings. The number of aryl methyl sites for hydroxylation is 1. The van der Waals surface area contributed by atoms with Gasteiger partial charge in [0.2, 0.25) is 5.91 Å². The molecule has 3 aromatic carbocycles. The molecule has 3 nitrogen and oxygen atoms in total. The molecule has 3 heteroatoms. The van der Waals surface area contributed by atoms with Crippen molar-refractivity contribution >= 4 is 5.91 Å². The highest BCUT2D eigenvalue weighted by Gasteiger charge is 2.05. The van der Waals surface area contributed by atoms with Crippen molar-refractivity contribution in [3.8, 4) is 16.9 Å². The normalized spacial score (nSPS) is 10.4. The van der Waals surface area contributed by atoms with Crippen LogP contribution in [-0.2, 0) is 17.8 Å². The minimum atomic E-state index is -0.0338. The van der Waals surface area contributed by atoms with Crippen molar-refractivity contribution < 1.29 is 9.90 Å². The molecule has 3 rings (SSSR count). The minimum absolute atomic E-state index is 0.0338. The molecule has 1 amide bonds. The second-order valence-corrected chi connectivity index (χ2v) is 6.19. The number of carbonyl (C=O) groups excluding carboxylic acids is 1. The van der Waals surface area contributed by atoms with Gasteiger partial charge in [0.05, 0.1) is 6.42 Å². The zero-order valence-electron chi connectivity index (χ0n) is 14.2. The Hall–Kier alpha value is -3.07. The molecule has 0 saturated heterocycles. The standard InChI is InChI=1S/C22H21NO2/c1-16-11-18(13-21(24)12-16)15-23-22(25)14-17-7-9-20(10-8-17)19-5-3-2-4-6-19/h2-13,24H,14-15H2,1H3,(H,23,25). The molecule has 0 radical (unpaired) electrons. The first-order valence-corrected chi connectivity index (χ1v) is 8.31. The SMILES string of the molecule is Cc1cc(O)cc(CNC(=O)Cc2ccc(-c3ccccc3)cc2)c1. The fourth-order valence-corrected chi connectivity index (χ4v) is 2.84. The van der Waals surface area contributed by atoms with E-state index in [0.29, 0.717) is 13.0 Å². The van der Waals surface area contributed by atoms with E-state index >= 15 is 0 Å². The number of aromatic hydroxyl groups is 1. The van der Waals surface area contributed by atoms with Gasteiger partial charge in [0.1, 0.15) is 5.75 Å². The third-order valence-electron chi connectivity index (χ3n) is 4.04. The van der Waals surface area contributed by atoms with Crippen LogP contribution in [0, 0.1) is 6.92 Å². The van der Waals surface area contributed by atoms with Crippen LogP contribution in [0.15, 0.2) is 72.8 Å². The van der Waals surface area contributed by atoms with Crippen LogP contribution in [0.3, 0.4) is 0 Å². The minimum Gasteiger partial charge on any atom is -0.508 e. The van der Waals surface area contributed by atoms with E-state index in [1.165, 1.54) is 0 Å². The van der Waals surface area contributed by atoms with E-state index in [4.69, 9.17) is 0 Å². The quantitative estimate of drug-likeness (QED) is 0.735. The van der Waals surface area contributed by atoms with Gasteiger partial charge in [-0.1, -0.05) is 60.7 Å². The third-order valence-corrected chi connectivity index (χ3v) is 4.04. The first-order chi connectivity index (χ1) is 12.1. The summed E-state index contributed by atoms with van der Waals surface area (Å²) in [5.41, 5.74) is 5.15. The van der Waals surface area contributed by atoms with Crippen LogP contribution < -0.4 is 5.32 Å². The van der Waals surface area contributed by atoms with Crippen LogP contribution in [0.5, 0.6) is 5.75 Å². The molecule has 0 aliphatic heterocycles. The maximum atomic E-state index is 12.1. The Balaban J connectivity index is 1.57. The largest absolute Gasteiger partial charge is 0.508 e. The average molecular weight is 331 g/mol. The zero-order valence-corrected chi connectivity index (χ0v) is 14.2. The van der Waals surface area contributed by atoms with Crippen LogP contribution in [0.4, 0.5) is 0 Å². The molecule has 25 heavy (non-hydrogen) atoms. The molecular formula is C22H21NO2. The van der Waals surface area contributed by atoms with Crippen LogP contribution in [0.25, 0.3) is 11.1 Å². The molecule has 0 heterocycles. The predicted molar refractivity (Wildman–Crippen MR) is 100 cm³/mol. The Bertz CT molecular complexity index is 835. The van der Waals surface area contributed by atoms with Crippen molar-refractivity contribution in [1.82, 2.24) is 5.32 Å². The van der Waals surface area contributed by atoms with Crippen molar-refractivity contribution in [2.75, 3.05) is 0 Å². The number of phenolic OH excluding ortho intramolecular Hbond substituents is 1. The number of hydrogen-bond acceptors (Lipinski definition) is 2. The van der Waals surface area contributed by atoms with Crippen molar-refractivity contribution in [2.24, 2.45) is 0 Å². The summed E-state index contributed by atoms with van der Waals surface area (Å²) in [5.74, 6) is 0.189. The first-order valence-electron chi connectivity index (χ1n) is 8.31. The van der Waals surface area contributed by atoms with Gasteiger partial charge in [0.15, 0.2) is 0 Å². The molecule has 0 spiro atoms. The van der Waals surface area contributed by atoms with Crippen molar-refractivity contribution in [2.45, 2.75) is 19.9 Å². The third kappa shape index (κ3) is 4.70. The second-order valence-electron chi connectivity index (χ2n) is 6.19. The van der Waals surface area contributed by atoms with Gasteiger partial charge in [-0.25, -0.2) is 0 Å². The number of benzene rings is 3. The van der Waals surface area contributed by atoms with Gasteiger partial charge < -0.3 is 10.4 Å². The maximum absolute atomic E-state index is 12.1. The van der Waals surface area contributed by atoms with Crippen LogP contribution in [0.2, 0.25) is 0 Å². The van der Waals surface area contributed by atoms with E-state index < -0.39 is 0 Å². The summed E-state index contributed by atoms with van der Waals surface area (Å²) in [7, 11) is 0. The number of rotatable bonds is 5. The number of amides is 1. The fourth-order valence-electron chi connectivity index (χ4n) is 2.84. The Morgan fingerprint density at radius 3 is 2.24 bits per heavy atom. The van der Waals surface area contributed by atoms with E-state index in [9.17, 15) is 9.90 Å². The van der Waals surface area contributed by atoms with Crippen molar-refractivity contribution in [3.05, 3.63) is 89.5 Å². The summed E-state index contributed by atoms with van der Waals surface area (Å²) < 4.78 is 0. The molecule has 0 saturated carbocycles. The summed E-state index contributed by atoms with van der Waals surface area (Å²) in [6.45, 7) is 2.33. The van der Waals surface area contributed by atoms with E-state index in [1.807, 2.05) is 55.5 Å². The number of carbonyl (C=O) groups is 1. The van der Waals surface area contributed by atoms with Gasteiger partial charge in [0.25, 0.3) is 0 Å². The van der Waals surface area contributed by atoms with Gasteiger partial charge >= 0.3 is 0 Å². The van der Waals surface area contributed by atoms with Crippen LogP contribution in [-0.4, -0.2) is 11.0 Å². The summed E-state index contributed by atoms with van der Waals surface area (Å²) >= 11 is 0. The molecule has 0 unspecified atom stereocenters. The Kier molecular flexibility index (Phi) is 5.14. The highest BCUT2D eigenvalue weighted by atomic mass is 16.3. The Morgan fingerprint density at radius 2 is 1.56 bits per heavy atom. The molecule has 0 bridgehead atoms. The van der Waals surface area contributed by atoms with E-state index in [1.54, 1.807) is 12.1 Å². The lowest BCUT2D eigenvalue weighted by molar-refractivity contribution is -0.120. The lowest BCUT2D eigenvalue weighted by atomic mass is 10.0. The van der Waals surface area contributed by atoms with E-state index in [-0.39, 0.29) is 11.7 Å². The zero-order chi connectivity index (χ0) is 17.6. The highest BCUT2D eigenvalue weighted by molar-refractivity contribution is 5.78. The molecule has 0 aromatic heterocycles. The molecule has 0 atom stereocenters. The number of hydrogen-bond donors (Lipinski definition) is 2. The fraction of sp³-hybridized carbons (Fsp3) is 0.136. The first kappa shape index (κ1) is 16.8. The van der Waals surface area contributed by atoms with Gasteiger partial charge in [-0.15, -0.1) is 0 Å².